The third-order valence-electron chi connectivity index (χ3n) is 3.07. The van der Waals surface area contributed by atoms with Gasteiger partial charge < -0.3 is 11.1 Å². The van der Waals surface area contributed by atoms with Crippen molar-refractivity contribution in [1.82, 2.24) is 15.5 Å². The van der Waals surface area contributed by atoms with Gasteiger partial charge in [-0.05, 0) is 12.8 Å². The molecule has 0 atom stereocenters. The second kappa shape index (κ2) is 6.13. The summed E-state index contributed by atoms with van der Waals surface area (Å²) in [7, 11) is 0. The highest BCUT2D eigenvalue weighted by atomic mass is 32.1. The molecule has 0 radical (unpaired) electrons. The van der Waals surface area contributed by atoms with Crippen LogP contribution >= 0.6 is 11.3 Å². The van der Waals surface area contributed by atoms with Gasteiger partial charge in [0.25, 0.3) is 0 Å². The van der Waals surface area contributed by atoms with Gasteiger partial charge in [0.1, 0.15) is 10.0 Å². The number of nitrogens with zero attached hydrogens (tertiary/aromatic N) is 3. The largest absolute Gasteiger partial charge is 0.370 e. The SMILES string of the molecule is CC(C)c1nnc(CN=C(N)NC2CCCC2)s1. The summed E-state index contributed by atoms with van der Waals surface area (Å²) >= 11 is 1.61. The lowest BCUT2D eigenvalue weighted by molar-refractivity contribution is 0.625. The molecule has 1 fully saturated rings. The van der Waals surface area contributed by atoms with Gasteiger partial charge in [-0.15, -0.1) is 10.2 Å². The summed E-state index contributed by atoms with van der Waals surface area (Å²) < 4.78 is 0. The Morgan fingerprint density at radius 3 is 2.78 bits per heavy atom. The van der Waals surface area contributed by atoms with Gasteiger partial charge in [-0.1, -0.05) is 38.0 Å². The molecule has 1 saturated carbocycles. The molecule has 5 nitrogen and oxygen atoms in total. The van der Waals surface area contributed by atoms with Crippen LogP contribution in [0.1, 0.15) is 55.5 Å². The lowest BCUT2D eigenvalue weighted by Crippen LogP contribution is -2.38. The van der Waals surface area contributed by atoms with Crippen LogP contribution in [0.2, 0.25) is 0 Å². The minimum atomic E-state index is 0.425. The number of nitrogens with one attached hydrogen (secondary N) is 1. The molecule has 0 bridgehead atoms. The molecule has 0 unspecified atom stereocenters. The fourth-order valence-corrected chi connectivity index (χ4v) is 2.81. The quantitative estimate of drug-likeness (QED) is 0.646. The van der Waals surface area contributed by atoms with E-state index in [2.05, 4.69) is 34.4 Å². The van der Waals surface area contributed by atoms with E-state index in [1.54, 1.807) is 11.3 Å². The maximum absolute atomic E-state index is 5.86. The maximum Gasteiger partial charge on any atom is 0.189 e. The van der Waals surface area contributed by atoms with E-state index in [1.165, 1.54) is 25.7 Å². The Bertz CT molecular complexity index is 406. The van der Waals surface area contributed by atoms with E-state index >= 15 is 0 Å². The Morgan fingerprint density at radius 2 is 2.17 bits per heavy atom. The van der Waals surface area contributed by atoms with Crippen LogP contribution in [0.25, 0.3) is 0 Å². The van der Waals surface area contributed by atoms with Crippen LogP contribution < -0.4 is 11.1 Å². The first-order chi connectivity index (χ1) is 8.65. The lowest BCUT2D eigenvalue weighted by Gasteiger charge is -2.11. The highest BCUT2D eigenvalue weighted by molar-refractivity contribution is 7.11. The second-order valence-electron chi connectivity index (χ2n) is 5.02. The van der Waals surface area contributed by atoms with Gasteiger partial charge in [0.2, 0.25) is 0 Å². The molecule has 2 rings (SSSR count). The molecular formula is C12H21N5S. The Labute approximate surface area is 112 Å². The van der Waals surface area contributed by atoms with Crippen LogP contribution in [0.15, 0.2) is 4.99 Å². The molecule has 0 aliphatic heterocycles. The van der Waals surface area contributed by atoms with Crippen molar-refractivity contribution in [1.29, 1.82) is 0 Å². The Kier molecular flexibility index (Phi) is 4.52. The molecular weight excluding hydrogens is 246 g/mol. The molecule has 1 aromatic rings. The van der Waals surface area contributed by atoms with Gasteiger partial charge >= 0.3 is 0 Å². The van der Waals surface area contributed by atoms with Crippen LogP contribution in [-0.2, 0) is 6.54 Å². The molecule has 1 aromatic heterocycles. The molecule has 3 N–H and O–H groups in total. The van der Waals surface area contributed by atoms with Gasteiger partial charge in [-0.3, -0.25) is 0 Å². The molecule has 0 amide bonds. The zero-order chi connectivity index (χ0) is 13.0. The molecule has 6 heteroatoms. The topological polar surface area (TPSA) is 76.2 Å². The van der Waals surface area contributed by atoms with Gasteiger partial charge in [0.05, 0.1) is 6.54 Å². The third-order valence-corrected chi connectivity index (χ3v) is 4.28. The van der Waals surface area contributed by atoms with E-state index in [0.29, 0.717) is 24.5 Å². The van der Waals surface area contributed by atoms with Crippen LogP contribution in [0.5, 0.6) is 0 Å². The summed E-state index contributed by atoms with van der Waals surface area (Å²) in [6, 6.07) is 0.509. The van der Waals surface area contributed by atoms with Gasteiger partial charge in [0.15, 0.2) is 5.96 Å². The highest BCUT2D eigenvalue weighted by Crippen LogP contribution is 2.19. The van der Waals surface area contributed by atoms with Gasteiger partial charge in [0, 0.05) is 12.0 Å². The fourth-order valence-electron chi connectivity index (χ4n) is 2.04. The molecule has 18 heavy (non-hydrogen) atoms. The number of nitrogens with two attached hydrogens (primary N) is 1. The molecule has 1 aliphatic carbocycles. The van der Waals surface area contributed by atoms with Crippen molar-refractivity contribution >= 4 is 17.3 Å². The number of guanidine groups is 1. The summed E-state index contributed by atoms with van der Waals surface area (Å²) in [5.74, 6) is 0.956. The standard InChI is InChI=1S/C12H21N5S/c1-8(2)11-17-16-10(18-11)7-14-12(13)15-9-5-3-4-6-9/h8-9H,3-7H2,1-2H3,(H3,13,14,15). The van der Waals surface area contributed by atoms with Crippen LogP contribution in [-0.4, -0.2) is 22.2 Å². The summed E-state index contributed by atoms with van der Waals surface area (Å²) in [5.41, 5.74) is 5.86. The van der Waals surface area contributed by atoms with E-state index in [9.17, 15) is 0 Å². The number of aliphatic imine (C=N–C) groups is 1. The molecule has 0 spiro atoms. The Hall–Kier alpha value is -1.17. The predicted molar refractivity (Wildman–Crippen MR) is 74.7 cm³/mol. The summed E-state index contributed by atoms with van der Waals surface area (Å²) in [5, 5.41) is 13.5. The first-order valence-electron chi connectivity index (χ1n) is 6.54. The van der Waals surface area contributed by atoms with E-state index in [1.807, 2.05) is 0 Å². The monoisotopic (exact) mass is 267 g/mol. The van der Waals surface area contributed by atoms with E-state index in [0.717, 1.165) is 10.0 Å². The van der Waals surface area contributed by atoms with Crippen molar-refractivity contribution < 1.29 is 0 Å². The van der Waals surface area contributed by atoms with Crippen molar-refractivity contribution in [3.8, 4) is 0 Å². The third kappa shape index (κ3) is 3.66. The molecule has 1 aliphatic rings. The zero-order valence-corrected chi connectivity index (χ0v) is 11.8. The van der Waals surface area contributed by atoms with Gasteiger partial charge in [-0.2, -0.15) is 0 Å². The molecule has 1 heterocycles. The van der Waals surface area contributed by atoms with Crippen molar-refractivity contribution in [2.24, 2.45) is 10.7 Å². The van der Waals surface area contributed by atoms with Crippen molar-refractivity contribution in [3.63, 3.8) is 0 Å². The van der Waals surface area contributed by atoms with Crippen LogP contribution in [0.4, 0.5) is 0 Å². The molecule has 100 valence electrons. The minimum absolute atomic E-state index is 0.425. The number of aromatic nitrogens is 2. The van der Waals surface area contributed by atoms with Crippen LogP contribution in [0.3, 0.4) is 0 Å². The minimum Gasteiger partial charge on any atom is -0.370 e. The molecule has 0 aromatic carbocycles. The van der Waals surface area contributed by atoms with E-state index < -0.39 is 0 Å². The first kappa shape index (κ1) is 13.3. The number of hydrogen-bond acceptors (Lipinski definition) is 4. The Balaban J connectivity index is 1.84. The van der Waals surface area contributed by atoms with Gasteiger partial charge in [-0.25, -0.2) is 4.99 Å². The first-order valence-corrected chi connectivity index (χ1v) is 7.35. The fraction of sp³-hybridized carbons (Fsp3) is 0.750. The van der Waals surface area contributed by atoms with Crippen LogP contribution in [0, 0.1) is 0 Å². The Morgan fingerprint density at radius 1 is 1.44 bits per heavy atom. The lowest BCUT2D eigenvalue weighted by atomic mass is 10.2. The molecule has 0 saturated heterocycles. The van der Waals surface area contributed by atoms with Crippen molar-refractivity contribution in [3.05, 3.63) is 10.0 Å². The maximum atomic E-state index is 5.86. The number of hydrogen-bond donors (Lipinski definition) is 2. The van der Waals surface area contributed by atoms with Crippen molar-refractivity contribution in [2.75, 3.05) is 0 Å². The number of rotatable bonds is 4. The zero-order valence-electron chi connectivity index (χ0n) is 11.0. The summed E-state index contributed by atoms with van der Waals surface area (Å²) in [4.78, 5) is 4.32. The average molecular weight is 267 g/mol. The summed E-state index contributed by atoms with van der Waals surface area (Å²) in [6.07, 6.45) is 4.98. The summed E-state index contributed by atoms with van der Waals surface area (Å²) in [6.45, 7) is 4.75. The second-order valence-corrected chi connectivity index (χ2v) is 6.11. The van der Waals surface area contributed by atoms with E-state index in [-0.39, 0.29) is 0 Å². The predicted octanol–water partition coefficient (Wildman–Crippen LogP) is 2.01. The average Bonchev–Trinajstić information content (AvgIpc) is 2.96. The van der Waals surface area contributed by atoms with E-state index in [4.69, 9.17) is 5.73 Å². The van der Waals surface area contributed by atoms with Crippen molar-refractivity contribution in [2.45, 2.75) is 58.0 Å². The smallest absolute Gasteiger partial charge is 0.189 e. The normalized spacial score (nSPS) is 17.6. The highest BCUT2D eigenvalue weighted by Gasteiger charge is 2.15.